The Kier molecular flexibility index (Phi) is 14.1. The van der Waals surface area contributed by atoms with Gasteiger partial charge in [0.15, 0.2) is 17.4 Å². The van der Waals surface area contributed by atoms with Gasteiger partial charge in [-0.2, -0.15) is 0 Å². The van der Waals surface area contributed by atoms with E-state index >= 15 is 0 Å². The number of piperidine rings is 1. The molecule has 1 saturated carbocycles. The predicted octanol–water partition coefficient (Wildman–Crippen LogP) is 8.60. The zero-order valence-corrected chi connectivity index (χ0v) is 44.8. The zero-order valence-electron chi connectivity index (χ0n) is 44.1. The van der Waals surface area contributed by atoms with Crippen LogP contribution in [0.1, 0.15) is 107 Å². The number of ether oxygens (including phenoxy) is 1. The quantitative estimate of drug-likeness (QED) is 0.0851. The van der Waals surface area contributed by atoms with Crippen LogP contribution in [0.4, 0.5) is 21.8 Å². The summed E-state index contributed by atoms with van der Waals surface area (Å²) in [7, 11) is 0. The number of β-amino-alcohol motifs (C(OH)–C–C–N with tert-alkyl or cyclic N) is 1. The maximum atomic E-state index is 14.6. The van der Waals surface area contributed by atoms with Gasteiger partial charge in [-0.25, -0.2) is 14.4 Å². The van der Waals surface area contributed by atoms with E-state index in [2.05, 4.69) is 40.5 Å². The number of oxime groups is 1. The molecule has 6 atom stereocenters. The number of aromatic nitrogens is 5. The second-order valence-corrected chi connectivity index (χ2v) is 22.8. The molecule has 5 aliphatic heterocycles. The number of fused-ring (bicyclic) bond motifs is 2. The number of anilines is 3. The smallest absolute Gasteiger partial charge is 0.273 e. The van der Waals surface area contributed by atoms with E-state index in [1.54, 1.807) is 35.2 Å². The van der Waals surface area contributed by atoms with Crippen LogP contribution >= 0.6 is 11.6 Å². The Bertz CT molecular complexity index is 3160. The minimum atomic E-state index is -1.06. The van der Waals surface area contributed by atoms with Crippen molar-refractivity contribution in [1.29, 1.82) is 0 Å². The number of hydrogen-bond donors (Lipinski definition) is 4. The standard InChI is InChI=1S/C58H66ClFN12O6/c1-33(2)50(56(75)71-32-41(73)26-48(71)54-64-58(3,78-67-54)37-14-12-35(13-15-37)43-8-4-6-10-45(43)60)52-51(59)55(68-77-52)76-42-20-18-38(19-21-42)69-24-22-34(23-25-69)36-28-62-57(63-29-36)72-39-16-17-40(72)31-70(30-39)47-27-46(65-66-53(47)61)44-9-5-7-11-49(44)74/h4-15,27-29,33-34,38-42,48,50,73-74H,16-26,30-32H2,1-3H3,(H2,61,66)(H,64,67)/t38-,39?,40?,41-,42-,48+,50-,58-/m1/s1. The number of aliphatic hydroxyl groups is 1. The molecule has 3 aromatic heterocycles. The molecule has 8 heterocycles. The summed E-state index contributed by atoms with van der Waals surface area (Å²) < 4.78 is 26.8. The summed E-state index contributed by atoms with van der Waals surface area (Å²) in [6.07, 6.45) is 11.3. The number of amides is 1. The maximum Gasteiger partial charge on any atom is 0.273 e. The van der Waals surface area contributed by atoms with Gasteiger partial charge in [0.1, 0.15) is 28.6 Å². The lowest BCUT2D eigenvalue weighted by Crippen LogP contribution is -2.54. The largest absolute Gasteiger partial charge is 0.507 e. The van der Waals surface area contributed by atoms with Crippen molar-refractivity contribution in [2.24, 2.45) is 11.1 Å². The number of nitrogens with two attached hydrogens (primary N) is 1. The average molecular weight is 1080 g/mol. The molecule has 78 heavy (non-hydrogen) atoms. The van der Waals surface area contributed by atoms with E-state index in [4.69, 9.17) is 41.4 Å². The fourth-order valence-corrected chi connectivity index (χ4v) is 13.2. The molecule has 5 N–H and O–H groups in total. The molecule has 3 aromatic carbocycles. The number of phenols is 1. The SMILES string of the molecule is CC(C)[C@@H](C(=O)N1C[C@H](O)C[C@H]1C1=NO[C@](C)(c2ccc(-c3ccccc3F)cc2)N1)c1onc(O[C@H]2CC[C@H](N3CCC(c4cnc(N5C6CCC5CN(c5cc(-c7ccccc7O)nnc5N)C6)nc4)CC3)CC2)c1Cl. The number of phenolic OH excluding ortho intramolecular Hbond substituents is 1. The van der Waals surface area contributed by atoms with Gasteiger partial charge in [-0.1, -0.05) is 85.2 Å². The number of aliphatic hydroxyl groups excluding tert-OH is 1. The lowest BCUT2D eigenvalue weighted by atomic mass is 9.87. The average Bonchev–Trinajstić information content (AvgIpc) is 4.23. The molecule has 1 amide bonds. The third-order valence-corrected chi connectivity index (χ3v) is 17.5. The van der Waals surface area contributed by atoms with Crippen molar-refractivity contribution in [3.8, 4) is 34.0 Å². The number of likely N-dealkylation sites (tertiary alicyclic amines) is 2. The highest BCUT2D eigenvalue weighted by molar-refractivity contribution is 6.32. The van der Waals surface area contributed by atoms with Gasteiger partial charge in [0.2, 0.25) is 17.6 Å². The first-order valence-corrected chi connectivity index (χ1v) is 27.9. The van der Waals surface area contributed by atoms with Crippen molar-refractivity contribution < 1.29 is 33.5 Å². The van der Waals surface area contributed by atoms with Gasteiger partial charge in [-0.15, -0.1) is 10.2 Å². The Morgan fingerprint density at radius 1 is 0.885 bits per heavy atom. The molecule has 5 fully saturated rings. The lowest BCUT2D eigenvalue weighted by Gasteiger charge is -2.42. The van der Waals surface area contributed by atoms with Gasteiger partial charge in [-0.05, 0) is 117 Å². The van der Waals surface area contributed by atoms with E-state index in [1.165, 1.54) is 11.6 Å². The number of nitrogen functional groups attached to an aromatic ring is 1. The third kappa shape index (κ3) is 9.93. The topological polar surface area (TPSA) is 217 Å². The van der Waals surface area contributed by atoms with Crippen LogP contribution in [0, 0.1) is 11.7 Å². The molecule has 0 spiro atoms. The molecule has 6 aliphatic rings. The summed E-state index contributed by atoms with van der Waals surface area (Å²) in [4.78, 5) is 39.5. The van der Waals surface area contributed by atoms with E-state index in [9.17, 15) is 19.4 Å². The Balaban J connectivity index is 0.619. The molecule has 2 unspecified atom stereocenters. The van der Waals surface area contributed by atoms with Gasteiger partial charge in [0.05, 0.1) is 23.5 Å². The van der Waals surface area contributed by atoms with Gasteiger partial charge < -0.3 is 55.0 Å². The molecular formula is C58H66ClFN12O6. The number of aromatic hydroxyl groups is 1. The number of hydrogen-bond acceptors (Lipinski definition) is 17. The van der Waals surface area contributed by atoms with Gasteiger partial charge in [0.25, 0.3) is 5.88 Å². The lowest BCUT2D eigenvalue weighted by molar-refractivity contribution is -0.134. The predicted molar refractivity (Wildman–Crippen MR) is 293 cm³/mol. The molecule has 6 aromatic rings. The molecule has 4 saturated heterocycles. The third-order valence-electron chi connectivity index (χ3n) is 17.2. The van der Waals surface area contributed by atoms with E-state index in [1.807, 2.05) is 75.6 Å². The van der Waals surface area contributed by atoms with Crippen LogP contribution < -0.4 is 25.6 Å². The van der Waals surface area contributed by atoms with Crippen molar-refractivity contribution in [3.63, 3.8) is 0 Å². The van der Waals surface area contributed by atoms with Crippen LogP contribution in [0.5, 0.6) is 11.6 Å². The van der Waals surface area contributed by atoms with E-state index < -0.39 is 23.8 Å². The molecule has 20 heteroatoms. The summed E-state index contributed by atoms with van der Waals surface area (Å²) in [5.41, 5.74) is 10.5. The number of piperazine rings is 1. The van der Waals surface area contributed by atoms with Gasteiger partial charge in [0, 0.05) is 80.2 Å². The number of para-hydroxylation sites is 1. The molecule has 408 valence electrons. The van der Waals surface area contributed by atoms with Crippen molar-refractivity contribution >= 4 is 40.8 Å². The molecule has 2 bridgehead atoms. The van der Waals surface area contributed by atoms with Crippen LogP contribution in [-0.4, -0.2) is 126 Å². The van der Waals surface area contributed by atoms with Crippen LogP contribution in [0.15, 0.2) is 101 Å². The van der Waals surface area contributed by atoms with Gasteiger partial charge >= 0.3 is 0 Å². The fourth-order valence-electron chi connectivity index (χ4n) is 13.0. The highest BCUT2D eigenvalue weighted by atomic mass is 35.5. The Hall–Kier alpha value is -7.09. The van der Waals surface area contributed by atoms with Crippen LogP contribution in [0.2, 0.25) is 5.02 Å². The fraction of sp³-hybridized carbons (Fsp3) is 0.466. The summed E-state index contributed by atoms with van der Waals surface area (Å²) in [5, 5.41) is 42.2. The Morgan fingerprint density at radius 2 is 1.56 bits per heavy atom. The van der Waals surface area contributed by atoms with Crippen LogP contribution in [0.3, 0.4) is 0 Å². The van der Waals surface area contributed by atoms with Crippen LogP contribution in [0.25, 0.3) is 22.4 Å². The van der Waals surface area contributed by atoms with Crippen molar-refractivity contribution in [1.82, 2.24) is 40.4 Å². The molecule has 0 radical (unpaired) electrons. The first-order chi connectivity index (χ1) is 37.8. The maximum absolute atomic E-state index is 14.6. The van der Waals surface area contributed by atoms with Gasteiger partial charge in [-0.3, -0.25) is 4.79 Å². The van der Waals surface area contributed by atoms with Crippen molar-refractivity contribution in [2.45, 2.75) is 132 Å². The molecular weight excluding hydrogens is 1020 g/mol. The first-order valence-electron chi connectivity index (χ1n) is 27.5. The summed E-state index contributed by atoms with van der Waals surface area (Å²) in [6.45, 7) is 9.33. The first kappa shape index (κ1) is 51.7. The molecule has 12 rings (SSSR count). The molecule has 18 nitrogen and oxygen atoms in total. The highest BCUT2D eigenvalue weighted by Crippen LogP contribution is 2.43. The van der Waals surface area contributed by atoms with E-state index in [0.29, 0.717) is 40.4 Å². The normalized spacial score (nSPS) is 26.0. The van der Waals surface area contributed by atoms with E-state index in [-0.39, 0.29) is 71.2 Å². The second kappa shape index (κ2) is 21.3. The second-order valence-electron chi connectivity index (χ2n) is 22.5. The van der Waals surface area contributed by atoms with Crippen LogP contribution in [-0.2, 0) is 15.4 Å². The number of carbonyl (C=O) groups is 1. The number of nitrogens with zero attached hydrogens (tertiary/aromatic N) is 10. The Labute approximate surface area is 457 Å². The number of rotatable bonds is 13. The summed E-state index contributed by atoms with van der Waals surface area (Å²) >= 11 is 7.01. The van der Waals surface area contributed by atoms with Crippen molar-refractivity contribution in [3.05, 3.63) is 119 Å². The zero-order chi connectivity index (χ0) is 53.8. The monoisotopic (exact) mass is 1080 g/mol. The number of carbonyl (C=O) groups excluding carboxylic acids is 1. The van der Waals surface area contributed by atoms with Crippen molar-refractivity contribution in [2.75, 3.05) is 48.3 Å². The van der Waals surface area contributed by atoms with E-state index in [0.717, 1.165) is 100 Å². The minimum Gasteiger partial charge on any atom is -0.507 e. The number of amidine groups is 1. The molecule has 1 aliphatic carbocycles. The summed E-state index contributed by atoms with van der Waals surface area (Å²) in [6, 6.07) is 23.4. The highest BCUT2D eigenvalue weighted by Gasteiger charge is 2.48. The minimum absolute atomic E-state index is 0.0923. The number of halogens is 2. The summed E-state index contributed by atoms with van der Waals surface area (Å²) in [5.74, 6) is 0.936. The number of benzene rings is 3. The Morgan fingerprint density at radius 3 is 2.26 bits per heavy atom. The number of nitrogens with one attached hydrogen (secondary N) is 1.